The van der Waals surface area contributed by atoms with Crippen molar-refractivity contribution in [2.45, 2.75) is 26.2 Å². The molecule has 0 bridgehead atoms. The molecule has 0 aliphatic rings. The van der Waals surface area contributed by atoms with Crippen molar-refractivity contribution in [3.8, 4) is 0 Å². The van der Waals surface area contributed by atoms with Gasteiger partial charge >= 0.3 is 5.97 Å². The van der Waals surface area contributed by atoms with Gasteiger partial charge < -0.3 is 9.84 Å². The van der Waals surface area contributed by atoms with Crippen molar-refractivity contribution in [1.82, 2.24) is 0 Å². The maximum atomic E-state index is 12.8. The monoisotopic (exact) mass is 254 g/mol. The highest BCUT2D eigenvalue weighted by Crippen LogP contribution is 2.20. The van der Waals surface area contributed by atoms with E-state index < -0.39 is 11.9 Å². The summed E-state index contributed by atoms with van der Waals surface area (Å²) >= 11 is 0. The Hall–Kier alpha value is -1.42. The van der Waals surface area contributed by atoms with E-state index in [1.54, 1.807) is 0 Å². The van der Waals surface area contributed by atoms with E-state index in [9.17, 15) is 9.18 Å². The minimum Gasteiger partial charge on any atom is -0.481 e. The molecule has 1 unspecified atom stereocenters. The van der Waals surface area contributed by atoms with Crippen molar-refractivity contribution in [1.29, 1.82) is 0 Å². The number of carboxylic acids is 1. The fourth-order valence-electron chi connectivity index (χ4n) is 1.65. The molecule has 100 valence electrons. The van der Waals surface area contributed by atoms with Crippen molar-refractivity contribution >= 4 is 5.97 Å². The van der Waals surface area contributed by atoms with Gasteiger partial charge in [-0.25, -0.2) is 4.39 Å². The highest BCUT2D eigenvalue weighted by molar-refractivity contribution is 5.76. The lowest BCUT2D eigenvalue weighted by molar-refractivity contribution is -0.139. The molecule has 1 N–H and O–H groups in total. The predicted octanol–water partition coefficient (Wildman–Crippen LogP) is 3.06. The summed E-state index contributed by atoms with van der Waals surface area (Å²) in [6.07, 6.45) is 0.397. The number of aliphatic carboxylic acids is 1. The van der Waals surface area contributed by atoms with Crippen LogP contribution >= 0.6 is 0 Å². The Kier molecular flexibility index (Phi) is 5.78. The number of benzene rings is 1. The Morgan fingerprint density at radius 3 is 2.44 bits per heavy atom. The lowest BCUT2D eigenvalue weighted by Gasteiger charge is -2.13. The fraction of sp³-hybridized carbons (Fsp3) is 0.500. The molecule has 1 aromatic rings. The maximum Gasteiger partial charge on any atom is 0.311 e. The van der Waals surface area contributed by atoms with Crippen LogP contribution in [0, 0.1) is 11.7 Å². The smallest absolute Gasteiger partial charge is 0.311 e. The molecular weight excluding hydrogens is 235 g/mol. The Labute approximate surface area is 107 Å². The first-order chi connectivity index (χ1) is 8.50. The largest absolute Gasteiger partial charge is 0.481 e. The molecule has 18 heavy (non-hydrogen) atoms. The van der Waals surface area contributed by atoms with Gasteiger partial charge in [-0.15, -0.1) is 0 Å². The molecule has 0 radical (unpaired) electrons. The molecule has 1 atom stereocenters. The highest BCUT2D eigenvalue weighted by atomic mass is 19.1. The van der Waals surface area contributed by atoms with E-state index in [0.29, 0.717) is 31.1 Å². The fourth-order valence-corrected chi connectivity index (χ4v) is 1.65. The van der Waals surface area contributed by atoms with E-state index in [1.165, 1.54) is 24.3 Å². The number of carboxylic acid groups (broad SMARTS) is 1. The van der Waals surface area contributed by atoms with Crippen molar-refractivity contribution in [3.63, 3.8) is 0 Å². The van der Waals surface area contributed by atoms with Gasteiger partial charge in [0.2, 0.25) is 0 Å². The maximum absolute atomic E-state index is 12.8. The van der Waals surface area contributed by atoms with Crippen LogP contribution < -0.4 is 0 Å². The SMILES string of the molecule is CC(C)COCCC(C(=O)O)c1ccc(F)cc1. The van der Waals surface area contributed by atoms with Crippen LogP contribution in [0.5, 0.6) is 0 Å². The summed E-state index contributed by atoms with van der Waals surface area (Å²) < 4.78 is 18.2. The molecule has 4 heteroatoms. The van der Waals surface area contributed by atoms with E-state index in [2.05, 4.69) is 0 Å². The normalized spacial score (nSPS) is 12.7. The van der Waals surface area contributed by atoms with Gasteiger partial charge in [-0.05, 0) is 30.0 Å². The summed E-state index contributed by atoms with van der Waals surface area (Å²) in [5.41, 5.74) is 0.608. The van der Waals surface area contributed by atoms with Crippen molar-refractivity contribution in [3.05, 3.63) is 35.6 Å². The zero-order chi connectivity index (χ0) is 13.5. The Morgan fingerprint density at radius 2 is 1.94 bits per heavy atom. The molecule has 0 heterocycles. The summed E-state index contributed by atoms with van der Waals surface area (Å²) in [6.45, 7) is 5.09. The minimum atomic E-state index is -0.908. The van der Waals surface area contributed by atoms with Crippen LogP contribution in [0.4, 0.5) is 4.39 Å². The quantitative estimate of drug-likeness (QED) is 0.761. The van der Waals surface area contributed by atoms with Crippen LogP contribution in [0.3, 0.4) is 0 Å². The van der Waals surface area contributed by atoms with E-state index in [4.69, 9.17) is 9.84 Å². The molecule has 1 aromatic carbocycles. The van der Waals surface area contributed by atoms with Gasteiger partial charge in [0.25, 0.3) is 0 Å². The number of ether oxygens (including phenoxy) is 1. The first-order valence-electron chi connectivity index (χ1n) is 6.06. The highest BCUT2D eigenvalue weighted by Gasteiger charge is 2.19. The molecule has 0 aliphatic carbocycles. The third-order valence-corrected chi connectivity index (χ3v) is 2.57. The van der Waals surface area contributed by atoms with Crippen LogP contribution in [-0.4, -0.2) is 24.3 Å². The average Bonchev–Trinajstić information content (AvgIpc) is 2.30. The Balaban J connectivity index is 2.55. The zero-order valence-corrected chi connectivity index (χ0v) is 10.7. The molecule has 0 spiro atoms. The van der Waals surface area contributed by atoms with Gasteiger partial charge in [0.1, 0.15) is 5.82 Å². The van der Waals surface area contributed by atoms with Crippen LogP contribution in [0.2, 0.25) is 0 Å². The molecule has 1 rings (SSSR count). The van der Waals surface area contributed by atoms with Gasteiger partial charge in [0, 0.05) is 13.2 Å². The van der Waals surface area contributed by atoms with Crippen molar-refractivity contribution < 1.29 is 19.0 Å². The zero-order valence-electron chi connectivity index (χ0n) is 10.7. The second kappa shape index (κ2) is 7.11. The molecular formula is C14H19FO3. The van der Waals surface area contributed by atoms with Crippen LogP contribution in [0.15, 0.2) is 24.3 Å². The molecule has 0 saturated heterocycles. The predicted molar refractivity (Wildman–Crippen MR) is 67.1 cm³/mol. The second-order valence-electron chi connectivity index (χ2n) is 4.70. The lowest BCUT2D eigenvalue weighted by Crippen LogP contribution is -2.15. The molecule has 0 aromatic heterocycles. The second-order valence-corrected chi connectivity index (χ2v) is 4.70. The first kappa shape index (κ1) is 14.6. The summed E-state index contributed by atoms with van der Waals surface area (Å²) in [6, 6.07) is 5.58. The number of hydrogen-bond donors (Lipinski definition) is 1. The van der Waals surface area contributed by atoms with Gasteiger partial charge in [-0.2, -0.15) is 0 Å². The van der Waals surface area contributed by atoms with Gasteiger partial charge in [-0.1, -0.05) is 26.0 Å². The van der Waals surface area contributed by atoms with E-state index >= 15 is 0 Å². The molecule has 0 amide bonds. The summed E-state index contributed by atoms with van der Waals surface area (Å²) in [5.74, 6) is -1.48. The molecule has 0 fully saturated rings. The van der Waals surface area contributed by atoms with E-state index in [0.717, 1.165) is 0 Å². The van der Waals surface area contributed by atoms with Crippen molar-refractivity contribution in [2.75, 3.05) is 13.2 Å². The van der Waals surface area contributed by atoms with Gasteiger partial charge in [0.05, 0.1) is 5.92 Å². The number of rotatable bonds is 7. The van der Waals surface area contributed by atoms with Gasteiger partial charge in [-0.3, -0.25) is 4.79 Å². The van der Waals surface area contributed by atoms with E-state index in [-0.39, 0.29) is 5.82 Å². The van der Waals surface area contributed by atoms with Crippen LogP contribution in [-0.2, 0) is 9.53 Å². The van der Waals surface area contributed by atoms with Crippen LogP contribution in [0.1, 0.15) is 31.7 Å². The number of carbonyl (C=O) groups is 1. The topological polar surface area (TPSA) is 46.5 Å². The Bertz CT molecular complexity index is 373. The minimum absolute atomic E-state index is 0.362. The molecule has 0 aliphatic heterocycles. The standard InChI is InChI=1S/C14H19FO3/c1-10(2)9-18-8-7-13(14(16)17)11-3-5-12(15)6-4-11/h3-6,10,13H,7-9H2,1-2H3,(H,16,17). The van der Waals surface area contributed by atoms with Crippen molar-refractivity contribution in [2.24, 2.45) is 5.92 Å². The molecule has 0 saturated carbocycles. The first-order valence-corrected chi connectivity index (χ1v) is 6.06. The molecule has 3 nitrogen and oxygen atoms in total. The summed E-state index contributed by atoms with van der Waals surface area (Å²) in [7, 11) is 0. The van der Waals surface area contributed by atoms with E-state index in [1.807, 2.05) is 13.8 Å². The average molecular weight is 254 g/mol. The van der Waals surface area contributed by atoms with Gasteiger partial charge in [0.15, 0.2) is 0 Å². The third kappa shape index (κ3) is 4.84. The summed E-state index contributed by atoms with van der Waals surface area (Å²) in [4.78, 5) is 11.2. The number of halogens is 1. The third-order valence-electron chi connectivity index (χ3n) is 2.57. The summed E-state index contributed by atoms with van der Waals surface area (Å²) in [5, 5.41) is 9.16. The Morgan fingerprint density at radius 1 is 1.33 bits per heavy atom. The number of hydrogen-bond acceptors (Lipinski definition) is 2. The lowest BCUT2D eigenvalue weighted by atomic mass is 9.96. The van der Waals surface area contributed by atoms with Crippen LogP contribution in [0.25, 0.3) is 0 Å².